The van der Waals surface area contributed by atoms with Crippen LogP contribution in [0, 0.1) is 0 Å². The number of aliphatic carboxylic acids is 1. The number of hydrogen-bond acceptors (Lipinski definition) is 4. The first-order chi connectivity index (χ1) is 9.69. The third-order valence-electron chi connectivity index (χ3n) is 2.50. The monoisotopic (exact) mass is 334 g/mol. The predicted octanol–water partition coefficient (Wildman–Crippen LogP) is 1.35. The van der Waals surface area contributed by atoms with Gasteiger partial charge in [-0.2, -0.15) is 0 Å². The maximum absolute atomic E-state index is 11.7. The van der Waals surface area contributed by atoms with Gasteiger partial charge in [0.15, 0.2) is 0 Å². The molecule has 0 saturated heterocycles. The summed E-state index contributed by atoms with van der Waals surface area (Å²) in [5, 5.41) is 13.9. The van der Waals surface area contributed by atoms with Crippen molar-refractivity contribution in [1.29, 1.82) is 0 Å². The fourth-order valence-electron chi connectivity index (χ4n) is 1.47. The number of carboxylic acid groups (broad SMARTS) is 1. The molecule has 0 heterocycles. The molecule has 1 unspecified atom stereocenters. The molecule has 116 valence electrons. The van der Waals surface area contributed by atoms with Crippen molar-refractivity contribution in [2.75, 3.05) is 17.3 Å². The second-order valence-electron chi connectivity index (χ2n) is 4.39. The molecule has 0 aromatic heterocycles. The van der Waals surface area contributed by atoms with Crippen LogP contribution in [0.5, 0.6) is 0 Å². The summed E-state index contributed by atoms with van der Waals surface area (Å²) in [6, 6.07) is 4.37. The molecule has 0 fully saturated rings. The summed E-state index contributed by atoms with van der Waals surface area (Å²) >= 11 is 5.85. The number of urea groups is 1. The number of sulfone groups is 1. The van der Waals surface area contributed by atoms with Crippen LogP contribution in [0.3, 0.4) is 0 Å². The zero-order valence-electron chi connectivity index (χ0n) is 11.2. The molecule has 3 N–H and O–H groups in total. The summed E-state index contributed by atoms with van der Waals surface area (Å²) in [5.41, 5.74) is 0.323. The van der Waals surface area contributed by atoms with Gasteiger partial charge >= 0.3 is 12.0 Å². The van der Waals surface area contributed by atoms with Crippen LogP contribution in [0.1, 0.15) is 6.42 Å². The standard InChI is InChI=1S/C12H15ClN2O5S/c1-21(19,20)7-6-10(11(16)17)15-12(18)14-9-5-3-2-4-8(9)13/h2-5,10H,6-7H2,1H3,(H,16,17)(H2,14,15,18). The van der Waals surface area contributed by atoms with E-state index in [9.17, 15) is 18.0 Å². The fraction of sp³-hybridized carbons (Fsp3) is 0.333. The summed E-state index contributed by atoms with van der Waals surface area (Å²) in [6.45, 7) is 0. The van der Waals surface area contributed by atoms with Crippen LogP contribution in [-0.2, 0) is 14.6 Å². The van der Waals surface area contributed by atoms with E-state index >= 15 is 0 Å². The SMILES string of the molecule is CS(=O)(=O)CCC(NC(=O)Nc1ccccc1Cl)C(=O)O. The maximum Gasteiger partial charge on any atom is 0.326 e. The van der Waals surface area contributed by atoms with Crippen LogP contribution in [0.4, 0.5) is 10.5 Å². The van der Waals surface area contributed by atoms with E-state index in [0.29, 0.717) is 10.7 Å². The second kappa shape index (κ2) is 7.28. The molecule has 1 aromatic carbocycles. The highest BCUT2D eigenvalue weighted by molar-refractivity contribution is 7.90. The zero-order valence-corrected chi connectivity index (χ0v) is 12.7. The van der Waals surface area contributed by atoms with Gasteiger partial charge in [-0.1, -0.05) is 23.7 Å². The Balaban J connectivity index is 2.65. The first-order valence-electron chi connectivity index (χ1n) is 5.91. The summed E-state index contributed by atoms with van der Waals surface area (Å²) in [7, 11) is -3.31. The summed E-state index contributed by atoms with van der Waals surface area (Å²) in [6.07, 6.45) is 0.778. The lowest BCUT2D eigenvalue weighted by Gasteiger charge is -2.15. The van der Waals surface area contributed by atoms with Crippen LogP contribution in [0.2, 0.25) is 5.02 Å². The molecule has 7 nitrogen and oxygen atoms in total. The van der Waals surface area contributed by atoms with Crippen LogP contribution in [-0.4, -0.2) is 43.6 Å². The van der Waals surface area contributed by atoms with E-state index in [1.807, 2.05) is 0 Å². The third kappa shape index (κ3) is 6.46. The van der Waals surface area contributed by atoms with Crippen LogP contribution >= 0.6 is 11.6 Å². The number of rotatable bonds is 6. The molecule has 0 aliphatic heterocycles. The average Bonchev–Trinajstić information content (AvgIpc) is 2.36. The van der Waals surface area contributed by atoms with Crippen molar-refractivity contribution in [2.45, 2.75) is 12.5 Å². The van der Waals surface area contributed by atoms with Crippen molar-refractivity contribution in [3.05, 3.63) is 29.3 Å². The van der Waals surface area contributed by atoms with Gasteiger partial charge in [-0.3, -0.25) is 0 Å². The Labute approximate surface area is 127 Å². The number of nitrogens with one attached hydrogen (secondary N) is 2. The highest BCUT2D eigenvalue weighted by atomic mass is 35.5. The molecule has 1 rings (SSSR count). The Hall–Kier alpha value is -1.80. The van der Waals surface area contributed by atoms with Crippen molar-refractivity contribution in [2.24, 2.45) is 0 Å². The number of carbonyl (C=O) groups is 2. The van der Waals surface area contributed by atoms with Crippen molar-refractivity contribution in [3.8, 4) is 0 Å². The van der Waals surface area contributed by atoms with Gasteiger partial charge in [0.1, 0.15) is 15.9 Å². The molecule has 21 heavy (non-hydrogen) atoms. The molecule has 1 aromatic rings. The molecular weight excluding hydrogens is 320 g/mol. The number of benzene rings is 1. The molecule has 0 aliphatic carbocycles. The minimum Gasteiger partial charge on any atom is -0.480 e. The molecule has 0 saturated carbocycles. The van der Waals surface area contributed by atoms with Crippen molar-refractivity contribution < 1.29 is 23.1 Å². The number of para-hydroxylation sites is 1. The van der Waals surface area contributed by atoms with Gasteiger partial charge in [0, 0.05) is 6.26 Å². The van der Waals surface area contributed by atoms with Gasteiger partial charge in [-0.15, -0.1) is 0 Å². The second-order valence-corrected chi connectivity index (χ2v) is 7.05. The van der Waals surface area contributed by atoms with E-state index in [1.54, 1.807) is 24.3 Å². The summed E-state index contributed by atoms with van der Waals surface area (Å²) in [5.74, 6) is -1.65. The van der Waals surface area contributed by atoms with E-state index in [4.69, 9.17) is 16.7 Å². The van der Waals surface area contributed by atoms with Crippen LogP contribution in [0.25, 0.3) is 0 Å². The molecule has 0 spiro atoms. The minimum atomic E-state index is -3.31. The Morgan fingerprint density at radius 3 is 2.48 bits per heavy atom. The topological polar surface area (TPSA) is 113 Å². The fourth-order valence-corrected chi connectivity index (χ4v) is 2.32. The largest absolute Gasteiger partial charge is 0.480 e. The molecule has 0 aliphatic rings. The summed E-state index contributed by atoms with van der Waals surface area (Å²) < 4.78 is 22.1. The average molecular weight is 335 g/mol. The Bertz CT molecular complexity index is 632. The van der Waals surface area contributed by atoms with E-state index in [-0.39, 0.29) is 12.2 Å². The van der Waals surface area contributed by atoms with E-state index in [0.717, 1.165) is 6.26 Å². The molecular formula is C12H15ClN2O5S. The minimum absolute atomic E-state index is 0.218. The van der Waals surface area contributed by atoms with E-state index < -0.39 is 27.9 Å². The smallest absolute Gasteiger partial charge is 0.326 e. The van der Waals surface area contributed by atoms with Crippen LogP contribution in [0.15, 0.2) is 24.3 Å². The van der Waals surface area contributed by atoms with Gasteiger partial charge in [0.25, 0.3) is 0 Å². The third-order valence-corrected chi connectivity index (χ3v) is 3.81. The molecule has 2 amide bonds. The van der Waals surface area contributed by atoms with Gasteiger partial charge in [-0.25, -0.2) is 18.0 Å². The lowest BCUT2D eigenvalue weighted by Crippen LogP contribution is -2.44. The van der Waals surface area contributed by atoms with Gasteiger partial charge in [-0.05, 0) is 18.6 Å². The molecule has 0 bridgehead atoms. The normalized spacial score (nSPS) is 12.5. The number of amides is 2. The molecule has 0 radical (unpaired) electrons. The maximum atomic E-state index is 11.7. The molecule has 1 atom stereocenters. The number of carboxylic acids is 1. The first kappa shape index (κ1) is 17.3. The zero-order chi connectivity index (χ0) is 16.0. The van der Waals surface area contributed by atoms with E-state index in [1.165, 1.54) is 0 Å². The Morgan fingerprint density at radius 2 is 1.95 bits per heavy atom. The van der Waals surface area contributed by atoms with Crippen molar-refractivity contribution in [1.82, 2.24) is 5.32 Å². The highest BCUT2D eigenvalue weighted by Gasteiger charge is 2.21. The first-order valence-corrected chi connectivity index (χ1v) is 8.35. The number of halogens is 1. The number of carbonyl (C=O) groups excluding carboxylic acids is 1. The lowest BCUT2D eigenvalue weighted by atomic mass is 10.2. The number of hydrogen-bond donors (Lipinski definition) is 3. The van der Waals surface area contributed by atoms with Gasteiger partial charge in [0.05, 0.1) is 16.5 Å². The Kier molecular flexibility index (Phi) is 5.98. The van der Waals surface area contributed by atoms with Crippen molar-refractivity contribution >= 4 is 39.1 Å². The lowest BCUT2D eigenvalue weighted by molar-refractivity contribution is -0.139. The van der Waals surface area contributed by atoms with E-state index in [2.05, 4.69) is 10.6 Å². The van der Waals surface area contributed by atoms with Gasteiger partial charge < -0.3 is 15.7 Å². The predicted molar refractivity (Wildman–Crippen MR) is 79.4 cm³/mol. The quantitative estimate of drug-likeness (QED) is 0.726. The summed E-state index contributed by atoms with van der Waals surface area (Å²) in [4.78, 5) is 22.7. The number of anilines is 1. The van der Waals surface area contributed by atoms with Crippen LogP contribution < -0.4 is 10.6 Å². The highest BCUT2D eigenvalue weighted by Crippen LogP contribution is 2.20. The van der Waals surface area contributed by atoms with Gasteiger partial charge in [0.2, 0.25) is 0 Å². The van der Waals surface area contributed by atoms with Crippen molar-refractivity contribution in [3.63, 3.8) is 0 Å². The molecule has 9 heteroatoms. The Morgan fingerprint density at radius 1 is 1.33 bits per heavy atom.